The molecule has 5 amide bonds. The largest absolute Gasteiger partial charge is 0.347 e. The third-order valence-corrected chi connectivity index (χ3v) is 6.71. The number of carbonyl (C=O) groups excluding carboxylic acids is 5. The molecule has 1 aromatic carbocycles. The zero-order valence-electron chi connectivity index (χ0n) is 22.3. The first-order chi connectivity index (χ1) is 17.5. The van der Waals surface area contributed by atoms with Crippen molar-refractivity contribution in [2.75, 3.05) is 25.0 Å². The Morgan fingerprint density at radius 3 is 2.30 bits per heavy atom. The molecular formula is C28H40N4O5. The minimum atomic E-state index is -0.547. The van der Waals surface area contributed by atoms with E-state index in [0.717, 1.165) is 12.8 Å². The molecule has 9 nitrogen and oxygen atoms in total. The highest BCUT2D eigenvalue weighted by atomic mass is 16.2. The van der Waals surface area contributed by atoms with Crippen molar-refractivity contribution in [3.8, 4) is 0 Å². The molecule has 1 atom stereocenters. The van der Waals surface area contributed by atoms with Gasteiger partial charge in [-0.3, -0.25) is 28.9 Å². The Balaban J connectivity index is 1.36. The molecule has 1 aromatic rings. The highest BCUT2D eigenvalue weighted by molar-refractivity contribution is 6.02. The van der Waals surface area contributed by atoms with E-state index >= 15 is 0 Å². The SMILES string of the molecule is CC(C)(C)Cc1ccc(NC(=O)[C@@H]2CCCN2C(=O)CNC(=O)CCCCCN2C(=O)CCC2=O)cc1. The number of amides is 5. The third-order valence-electron chi connectivity index (χ3n) is 6.71. The molecule has 2 saturated heterocycles. The maximum atomic E-state index is 12.9. The minimum Gasteiger partial charge on any atom is -0.347 e. The Morgan fingerprint density at radius 1 is 0.973 bits per heavy atom. The average Bonchev–Trinajstić information content (AvgIpc) is 3.45. The lowest BCUT2D eigenvalue weighted by Gasteiger charge is -2.24. The van der Waals surface area contributed by atoms with E-state index < -0.39 is 6.04 Å². The van der Waals surface area contributed by atoms with Crippen LogP contribution in [0.1, 0.15) is 77.7 Å². The summed E-state index contributed by atoms with van der Waals surface area (Å²) in [6.07, 6.45) is 5.11. The normalized spacial score (nSPS) is 17.9. The van der Waals surface area contributed by atoms with Gasteiger partial charge in [0.25, 0.3) is 0 Å². The standard InChI is InChI=1S/C28H40N4O5/c1-28(2,3)18-20-10-12-21(13-11-20)30-27(37)22-8-7-17-31(22)26(36)19-29-23(33)9-5-4-6-16-32-24(34)14-15-25(32)35/h10-13,22H,4-9,14-19H2,1-3H3,(H,29,33)(H,30,37)/t22-/m0/s1. The predicted molar refractivity (Wildman–Crippen MR) is 140 cm³/mol. The van der Waals surface area contributed by atoms with E-state index in [1.54, 1.807) is 4.90 Å². The first-order valence-electron chi connectivity index (χ1n) is 13.3. The summed E-state index contributed by atoms with van der Waals surface area (Å²) in [5.41, 5.74) is 2.09. The zero-order chi connectivity index (χ0) is 27.0. The van der Waals surface area contributed by atoms with Crippen molar-refractivity contribution < 1.29 is 24.0 Å². The van der Waals surface area contributed by atoms with E-state index in [1.807, 2.05) is 24.3 Å². The molecule has 0 spiro atoms. The van der Waals surface area contributed by atoms with Crippen molar-refractivity contribution >= 4 is 35.2 Å². The first kappa shape index (κ1) is 28.3. The van der Waals surface area contributed by atoms with Crippen LogP contribution in [0.4, 0.5) is 5.69 Å². The van der Waals surface area contributed by atoms with Crippen LogP contribution < -0.4 is 10.6 Å². The number of nitrogens with zero attached hydrogens (tertiary/aromatic N) is 2. The van der Waals surface area contributed by atoms with Gasteiger partial charge in [0.05, 0.1) is 6.54 Å². The maximum absolute atomic E-state index is 12.9. The maximum Gasteiger partial charge on any atom is 0.247 e. The molecule has 2 aliphatic rings. The highest BCUT2D eigenvalue weighted by Crippen LogP contribution is 2.23. The molecule has 2 aliphatic heterocycles. The summed E-state index contributed by atoms with van der Waals surface area (Å²) in [5, 5.41) is 5.58. The van der Waals surface area contributed by atoms with Gasteiger partial charge in [0.1, 0.15) is 6.04 Å². The van der Waals surface area contributed by atoms with Crippen LogP contribution in [0.3, 0.4) is 0 Å². The van der Waals surface area contributed by atoms with E-state index in [1.165, 1.54) is 10.5 Å². The van der Waals surface area contributed by atoms with Gasteiger partial charge in [-0.15, -0.1) is 0 Å². The van der Waals surface area contributed by atoms with Crippen molar-refractivity contribution in [3.05, 3.63) is 29.8 Å². The van der Waals surface area contributed by atoms with Crippen molar-refractivity contribution in [3.63, 3.8) is 0 Å². The predicted octanol–water partition coefficient (Wildman–Crippen LogP) is 3.03. The fourth-order valence-corrected chi connectivity index (χ4v) is 4.85. The van der Waals surface area contributed by atoms with Crippen LogP contribution in [0.2, 0.25) is 0 Å². The second-order valence-corrected chi connectivity index (χ2v) is 11.2. The van der Waals surface area contributed by atoms with E-state index in [-0.39, 0.29) is 47.9 Å². The summed E-state index contributed by atoms with van der Waals surface area (Å²) in [4.78, 5) is 63.9. The van der Waals surface area contributed by atoms with Crippen LogP contribution in [0.15, 0.2) is 24.3 Å². The van der Waals surface area contributed by atoms with Gasteiger partial charge < -0.3 is 15.5 Å². The lowest BCUT2D eigenvalue weighted by atomic mass is 9.88. The molecule has 2 N–H and O–H groups in total. The van der Waals surface area contributed by atoms with Crippen LogP contribution in [0.5, 0.6) is 0 Å². The van der Waals surface area contributed by atoms with Gasteiger partial charge in [0, 0.05) is 38.0 Å². The number of rotatable bonds is 11. The number of unbranched alkanes of at least 4 members (excludes halogenated alkanes) is 2. The fourth-order valence-electron chi connectivity index (χ4n) is 4.85. The van der Waals surface area contributed by atoms with Crippen molar-refractivity contribution in [1.29, 1.82) is 0 Å². The molecule has 37 heavy (non-hydrogen) atoms. The van der Waals surface area contributed by atoms with E-state index in [2.05, 4.69) is 31.4 Å². The monoisotopic (exact) mass is 512 g/mol. The first-order valence-corrected chi connectivity index (χ1v) is 13.3. The van der Waals surface area contributed by atoms with Gasteiger partial charge in [-0.2, -0.15) is 0 Å². The summed E-state index contributed by atoms with van der Waals surface area (Å²) in [5.74, 6) is -0.946. The zero-order valence-corrected chi connectivity index (χ0v) is 22.3. The Labute approximate surface area is 219 Å². The van der Waals surface area contributed by atoms with Gasteiger partial charge in [0.2, 0.25) is 29.5 Å². The summed E-state index contributed by atoms with van der Waals surface area (Å²) in [6, 6.07) is 7.26. The number of hydrogen-bond acceptors (Lipinski definition) is 5. The highest BCUT2D eigenvalue weighted by Gasteiger charge is 2.34. The van der Waals surface area contributed by atoms with Gasteiger partial charge >= 0.3 is 0 Å². The van der Waals surface area contributed by atoms with Crippen molar-refractivity contribution in [1.82, 2.24) is 15.1 Å². The minimum absolute atomic E-state index is 0.121. The second-order valence-electron chi connectivity index (χ2n) is 11.2. The molecule has 0 unspecified atom stereocenters. The molecule has 0 bridgehead atoms. The molecular weight excluding hydrogens is 472 g/mol. The molecule has 0 aromatic heterocycles. The van der Waals surface area contributed by atoms with Crippen molar-refractivity contribution in [2.45, 2.75) is 84.6 Å². The number of anilines is 1. The van der Waals surface area contributed by atoms with Crippen LogP contribution in [-0.4, -0.2) is 65.0 Å². The molecule has 2 heterocycles. The van der Waals surface area contributed by atoms with E-state index in [9.17, 15) is 24.0 Å². The lowest BCUT2D eigenvalue weighted by molar-refractivity contribution is -0.138. The number of nitrogens with one attached hydrogen (secondary N) is 2. The summed E-state index contributed by atoms with van der Waals surface area (Å²) in [6.45, 7) is 7.30. The molecule has 202 valence electrons. The summed E-state index contributed by atoms with van der Waals surface area (Å²) >= 11 is 0. The van der Waals surface area contributed by atoms with Crippen molar-refractivity contribution in [2.24, 2.45) is 5.41 Å². The molecule has 9 heteroatoms. The van der Waals surface area contributed by atoms with Gasteiger partial charge in [-0.25, -0.2) is 0 Å². The second kappa shape index (κ2) is 12.8. The fraction of sp³-hybridized carbons (Fsp3) is 0.607. The smallest absolute Gasteiger partial charge is 0.247 e. The number of carbonyl (C=O) groups is 5. The van der Waals surface area contributed by atoms with Crippen LogP contribution in [-0.2, 0) is 30.4 Å². The topological polar surface area (TPSA) is 116 Å². The Kier molecular flexibility index (Phi) is 9.83. The molecule has 3 rings (SSSR count). The number of benzene rings is 1. The number of imide groups is 1. The quantitative estimate of drug-likeness (QED) is 0.349. The summed E-state index contributed by atoms with van der Waals surface area (Å²) < 4.78 is 0. The van der Waals surface area contributed by atoms with Gasteiger partial charge in [-0.1, -0.05) is 39.3 Å². The van der Waals surface area contributed by atoms with E-state index in [4.69, 9.17) is 0 Å². The number of likely N-dealkylation sites (tertiary alicyclic amines) is 2. The third kappa shape index (κ3) is 8.68. The molecule has 0 radical (unpaired) electrons. The van der Waals surface area contributed by atoms with Gasteiger partial charge in [0.15, 0.2) is 0 Å². The Morgan fingerprint density at radius 2 is 1.65 bits per heavy atom. The Hall–Kier alpha value is -3.23. The van der Waals surface area contributed by atoms with Crippen LogP contribution in [0.25, 0.3) is 0 Å². The Bertz CT molecular complexity index is 983. The molecule has 0 aliphatic carbocycles. The van der Waals surface area contributed by atoms with Gasteiger partial charge in [-0.05, 0) is 55.2 Å². The molecule has 2 fully saturated rings. The summed E-state index contributed by atoms with van der Waals surface area (Å²) in [7, 11) is 0. The van der Waals surface area contributed by atoms with Crippen LogP contribution in [0, 0.1) is 5.41 Å². The number of hydrogen-bond donors (Lipinski definition) is 2. The van der Waals surface area contributed by atoms with Crippen LogP contribution >= 0.6 is 0 Å². The average molecular weight is 513 g/mol. The van der Waals surface area contributed by atoms with E-state index in [0.29, 0.717) is 57.3 Å². The lowest BCUT2D eigenvalue weighted by Crippen LogP contribution is -2.47. The molecule has 0 saturated carbocycles.